The number of ether oxygens (including phenoxy) is 1. The molecule has 132 valence electrons. The Morgan fingerprint density at radius 1 is 1.32 bits per heavy atom. The Morgan fingerprint density at radius 2 is 2.20 bits per heavy atom. The van der Waals surface area contributed by atoms with Crippen molar-refractivity contribution >= 4 is 34.5 Å². The van der Waals surface area contributed by atoms with E-state index in [1.54, 1.807) is 0 Å². The lowest BCUT2D eigenvalue weighted by Gasteiger charge is -2.37. The van der Waals surface area contributed by atoms with Crippen LogP contribution in [0.1, 0.15) is 22.8 Å². The molecule has 2 aromatic rings. The maximum Gasteiger partial charge on any atom is 0.228 e. The highest BCUT2D eigenvalue weighted by atomic mass is 35.5. The molecule has 0 saturated carbocycles. The number of carbonyl (C=O) groups excluding carboxylic acids is 1. The number of nitrogens with zero attached hydrogens (tertiary/aromatic N) is 1. The van der Waals surface area contributed by atoms with Crippen LogP contribution in [0.2, 0.25) is 4.34 Å². The van der Waals surface area contributed by atoms with E-state index in [9.17, 15) is 4.79 Å². The number of benzene rings is 1. The molecular weight excluding hydrogens is 356 g/mol. The SMILES string of the molecule is O=C(Cc1ccc(Cl)s1)N1CCOCC1CC1CNc2ccccc21. The van der Waals surface area contributed by atoms with Crippen molar-refractivity contribution in [2.45, 2.75) is 24.8 Å². The van der Waals surface area contributed by atoms with Crippen molar-refractivity contribution in [1.29, 1.82) is 0 Å². The number of hydrogen-bond acceptors (Lipinski definition) is 4. The van der Waals surface area contributed by atoms with E-state index in [-0.39, 0.29) is 11.9 Å². The summed E-state index contributed by atoms with van der Waals surface area (Å²) in [5, 5.41) is 3.47. The third kappa shape index (κ3) is 3.68. The molecule has 1 fully saturated rings. The number of hydrogen-bond donors (Lipinski definition) is 1. The Kier molecular flexibility index (Phi) is 4.97. The molecule has 6 heteroatoms. The van der Waals surface area contributed by atoms with Crippen molar-refractivity contribution in [2.75, 3.05) is 31.6 Å². The first-order valence-corrected chi connectivity index (χ1v) is 9.84. The van der Waals surface area contributed by atoms with Crippen LogP contribution in [-0.4, -0.2) is 43.2 Å². The molecule has 4 rings (SSSR count). The smallest absolute Gasteiger partial charge is 0.228 e. The normalized spacial score (nSPS) is 22.5. The van der Waals surface area contributed by atoms with Crippen LogP contribution >= 0.6 is 22.9 Å². The average molecular weight is 377 g/mol. The van der Waals surface area contributed by atoms with Gasteiger partial charge in [-0.3, -0.25) is 4.79 Å². The van der Waals surface area contributed by atoms with E-state index < -0.39 is 0 Å². The number of anilines is 1. The minimum absolute atomic E-state index is 0.134. The van der Waals surface area contributed by atoms with E-state index >= 15 is 0 Å². The molecule has 1 saturated heterocycles. The van der Waals surface area contributed by atoms with Gasteiger partial charge in [0, 0.05) is 29.6 Å². The van der Waals surface area contributed by atoms with Crippen LogP contribution in [0.3, 0.4) is 0 Å². The van der Waals surface area contributed by atoms with Gasteiger partial charge in [0.1, 0.15) is 0 Å². The van der Waals surface area contributed by atoms with Gasteiger partial charge in [-0.15, -0.1) is 11.3 Å². The van der Waals surface area contributed by atoms with E-state index in [2.05, 4.69) is 29.6 Å². The first-order chi connectivity index (χ1) is 12.2. The van der Waals surface area contributed by atoms with Crippen LogP contribution in [0.15, 0.2) is 36.4 Å². The molecule has 1 aromatic heterocycles. The molecule has 2 aliphatic heterocycles. The third-order valence-electron chi connectivity index (χ3n) is 5.00. The number of rotatable bonds is 4. The summed E-state index contributed by atoms with van der Waals surface area (Å²) in [5.41, 5.74) is 2.57. The van der Waals surface area contributed by atoms with Gasteiger partial charge in [0.15, 0.2) is 0 Å². The maximum atomic E-state index is 12.8. The lowest BCUT2D eigenvalue weighted by molar-refractivity contribution is -0.139. The number of amides is 1. The predicted octanol–water partition coefficient (Wildman–Crippen LogP) is 3.77. The topological polar surface area (TPSA) is 41.6 Å². The fourth-order valence-electron chi connectivity index (χ4n) is 3.77. The lowest BCUT2D eigenvalue weighted by atomic mass is 9.93. The highest BCUT2D eigenvalue weighted by Gasteiger charge is 2.32. The zero-order chi connectivity index (χ0) is 17.2. The van der Waals surface area contributed by atoms with Gasteiger partial charge in [-0.1, -0.05) is 29.8 Å². The molecular formula is C19H21ClN2O2S. The summed E-state index contributed by atoms with van der Waals surface area (Å²) in [6.07, 6.45) is 1.36. The molecule has 2 atom stereocenters. The summed E-state index contributed by atoms with van der Waals surface area (Å²) in [7, 11) is 0. The number of halogens is 1. The van der Waals surface area contributed by atoms with E-state index in [0.29, 0.717) is 32.1 Å². The molecule has 1 amide bonds. The van der Waals surface area contributed by atoms with E-state index in [1.807, 2.05) is 17.0 Å². The summed E-state index contributed by atoms with van der Waals surface area (Å²) in [6, 6.07) is 12.4. The lowest BCUT2D eigenvalue weighted by Crippen LogP contribution is -2.49. The number of fused-ring (bicyclic) bond motifs is 1. The average Bonchev–Trinajstić information content (AvgIpc) is 3.22. The molecule has 1 aromatic carbocycles. The highest BCUT2D eigenvalue weighted by Crippen LogP contribution is 2.35. The van der Waals surface area contributed by atoms with E-state index in [4.69, 9.17) is 16.3 Å². The molecule has 4 nitrogen and oxygen atoms in total. The van der Waals surface area contributed by atoms with Crippen molar-refractivity contribution in [3.05, 3.63) is 51.2 Å². The van der Waals surface area contributed by atoms with Crippen LogP contribution in [-0.2, 0) is 16.0 Å². The van der Waals surface area contributed by atoms with E-state index in [0.717, 1.165) is 22.2 Å². The fourth-order valence-corrected chi connectivity index (χ4v) is 4.85. The number of thiophene rings is 1. The van der Waals surface area contributed by atoms with Crippen LogP contribution in [0.5, 0.6) is 0 Å². The predicted molar refractivity (Wildman–Crippen MR) is 102 cm³/mol. The number of morpholine rings is 1. The van der Waals surface area contributed by atoms with Gasteiger partial charge in [0.25, 0.3) is 0 Å². The second-order valence-electron chi connectivity index (χ2n) is 6.60. The summed E-state index contributed by atoms with van der Waals surface area (Å²) in [4.78, 5) is 15.9. The Bertz CT molecular complexity index is 763. The van der Waals surface area contributed by atoms with Crippen LogP contribution in [0.4, 0.5) is 5.69 Å². The highest BCUT2D eigenvalue weighted by molar-refractivity contribution is 7.16. The van der Waals surface area contributed by atoms with E-state index in [1.165, 1.54) is 22.6 Å². The molecule has 0 spiro atoms. The van der Waals surface area contributed by atoms with Gasteiger partial charge >= 0.3 is 0 Å². The van der Waals surface area contributed by atoms with Crippen molar-refractivity contribution in [3.8, 4) is 0 Å². The molecule has 25 heavy (non-hydrogen) atoms. The summed E-state index contributed by atoms with van der Waals surface area (Å²) < 4.78 is 6.41. The minimum atomic E-state index is 0.134. The Balaban J connectivity index is 1.45. The Hall–Kier alpha value is -1.56. The fraction of sp³-hybridized carbons (Fsp3) is 0.421. The zero-order valence-electron chi connectivity index (χ0n) is 13.9. The van der Waals surface area contributed by atoms with Crippen LogP contribution < -0.4 is 5.32 Å². The minimum Gasteiger partial charge on any atom is -0.384 e. The summed E-state index contributed by atoms with van der Waals surface area (Å²) in [5.74, 6) is 0.598. The third-order valence-corrected chi connectivity index (χ3v) is 6.23. The van der Waals surface area contributed by atoms with Crippen molar-refractivity contribution in [1.82, 2.24) is 4.90 Å². The zero-order valence-corrected chi connectivity index (χ0v) is 15.5. The monoisotopic (exact) mass is 376 g/mol. The summed E-state index contributed by atoms with van der Waals surface area (Å²) >= 11 is 7.47. The molecule has 0 radical (unpaired) electrons. The van der Waals surface area contributed by atoms with Gasteiger partial charge in [-0.2, -0.15) is 0 Å². The summed E-state index contributed by atoms with van der Waals surface area (Å²) in [6.45, 7) is 2.84. The van der Waals surface area contributed by atoms with Crippen molar-refractivity contribution < 1.29 is 9.53 Å². The van der Waals surface area contributed by atoms with Gasteiger partial charge in [-0.25, -0.2) is 0 Å². The Labute approximate surface area is 156 Å². The number of carbonyl (C=O) groups is 1. The van der Waals surface area contributed by atoms with Crippen molar-refractivity contribution in [3.63, 3.8) is 0 Å². The second-order valence-corrected chi connectivity index (χ2v) is 8.40. The van der Waals surface area contributed by atoms with Crippen LogP contribution in [0.25, 0.3) is 0 Å². The Morgan fingerprint density at radius 3 is 3.04 bits per heavy atom. The maximum absolute atomic E-state index is 12.8. The number of nitrogens with one attached hydrogen (secondary N) is 1. The standard InChI is InChI=1S/C19H21ClN2O2S/c20-18-6-5-15(25-18)10-19(23)22-7-8-24-12-14(22)9-13-11-21-17-4-2-1-3-16(13)17/h1-6,13-14,21H,7-12H2. The largest absolute Gasteiger partial charge is 0.384 e. The first-order valence-electron chi connectivity index (χ1n) is 8.65. The molecule has 2 unspecified atom stereocenters. The second kappa shape index (κ2) is 7.36. The molecule has 2 aliphatic rings. The molecule has 1 N–H and O–H groups in total. The van der Waals surface area contributed by atoms with Crippen LogP contribution in [0, 0.1) is 0 Å². The van der Waals surface area contributed by atoms with Gasteiger partial charge in [-0.05, 0) is 30.2 Å². The van der Waals surface area contributed by atoms with Gasteiger partial charge in [0.2, 0.25) is 5.91 Å². The molecule has 3 heterocycles. The molecule has 0 bridgehead atoms. The first kappa shape index (κ1) is 16.9. The molecule has 0 aliphatic carbocycles. The quantitative estimate of drug-likeness (QED) is 0.883. The van der Waals surface area contributed by atoms with Gasteiger partial charge in [0.05, 0.1) is 30.0 Å². The number of para-hydroxylation sites is 1. The van der Waals surface area contributed by atoms with Crippen molar-refractivity contribution in [2.24, 2.45) is 0 Å². The van der Waals surface area contributed by atoms with Gasteiger partial charge < -0.3 is 15.0 Å².